The lowest BCUT2D eigenvalue weighted by atomic mass is 10.1. The first-order chi connectivity index (χ1) is 18.4. The zero-order valence-electron chi connectivity index (χ0n) is 22.2. The number of amides is 2. The number of anilines is 1. The molecule has 0 aliphatic carbocycles. The Balaban J connectivity index is 1.84. The molecular weight excluding hydrogens is 488 g/mol. The summed E-state index contributed by atoms with van der Waals surface area (Å²) in [6.07, 6.45) is 6.09. The van der Waals surface area contributed by atoms with Crippen LogP contribution in [0, 0.1) is 0 Å². The molecule has 0 spiro atoms. The van der Waals surface area contributed by atoms with Crippen LogP contribution >= 0.6 is 0 Å². The van der Waals surface area contributed by atoms with E-state index in [0.717, 1.165) is 23.1 Å². The summed E-state index contributed by atoms with van der Waals surface area (Å²) in [6.45, 7) is 2.29. The second-order valence-electron chi connectivity index (χ2n) is 9.03. The number of carbonyl (C=O) groups is 3. The van der Waals surface area contributed by atoms with Gasteiger partial charge in [0.25, 0.3) is 5.91 Å². The van der Waals surface area contributed by atoms with Crippen LogP contribution in [0.1, 0.15) is 55.7 Å². The number of benzene rings is 2. The third kappa shape index (κ3) is 9.23. The highest BCUT2D eigenvalue weighted by Crippen LogP contribution is 2.29. The second-order valence-corrected chi connectivity index (χ2v) is 9.03. The summed E-state index contributed by atoms with van der Waals surface area (Å²) in [7, 11) is 2.99. The number of methoxy groups -OCH3 is 2. The minimum Gasteiger partial charge on any atom is -0.497 e. The van der Waals surface area contributed by atoms with E-state index in [2.05, 4.69) is 15.4 Å². The van der Waals surface area contributed by atoms with Crippen molar-refractivity contribution >= 4 is 29.5 Å². The Morgan fingerprint density at radius 2 is 1.95 bits per heavy atom. The van der Waals surface area contributed by atoms with E-state index < -0.39 is 6.10 Å². The highest BCUT2D eigenvalue weighted by Gasteiger charge is 2.21. The van der Waals surface area contributed by atoms with Crippen molar-refractivity contribution in [3.63, 3.8) is 0 Å². The van der Waals surface area contributed by atoms with Gasteiger partial charge < -0.3 is 29.6 Å². The van der Waals surface area contributed by atoms with Crippen molar-refractivity contribution in [2.75, 3.05) is 26.1 Å². The van der Waals surface area contributed by atoms with E-state index in [0.29, 0.717) is 49.4 Å². The molecule has 38 heavy (non-hydrogen) atoms. The number of fused-ring (bicyclic) bond motifs is 3. The highest BCUT2D eigenvalue weighted by atomic mass is 16.5. The van der Waals surface area contributed by atoms with Crippen LogP contribution < -0.4 is 20.1 Å². The number of carbonyl (C=O) groups excluding carboxylic acids is 3. The molecule has 0 radical (unpaired) electrons. The van der Waals surface area contributed by atoms with E-state index in [1.165, 1.54) is 14.0 Å². The summed E-state index contributed by atoms with van der Waals surface area (Å²) in [5.41, 5.74) is 3.15. The van der Waals surface area contributed by atoms with Gasteiger partial charge in [0.05, 0.1) is 26.5 Å². The fourth-order valence-corrected chi connectivity index (χ4v) is 4.02. The van der Waals surface area contributed by atoms with Crippen LogP contribution in [-0.4, -0.2) is 44.7 Å². The van der Waals surface area contributed by atoms with Crippen molar-refractivity contribution < 1.29 is 33.3 Å². The summed E-state index contributed by atoms with van der Waals surface area (Å²) in [4.78, 5) is 36.1. The van der Waals surface area contributed by atoms with Gasteiger partial charge in [0.1, 0.15) is 24.2 Å². The monoisotopic (exact) mass is 524 g/mol. The number of esters is 1. The standard InChI is InChI=1S/C29H36N2O7/c1-20(32)30-18-22-11-12-26-25(17-22)31-29(34)27(9-5-4-6-10-28(33)36-3)37-13-7-8-21-14-23(19-38-26)16-24(15-21)35-2/h7-8,11-12,14-17,27H,4-6,9-10,13,18-19H2,1-3H3,(H,30,32)(H,31,34)/b8-7-/t27-/m0/s1. The van der Waals surface area contributed by atoms with Crippen molar-refractivity contribution in [2.24, 2.45) is 0 Å². The molecule has 0 saturated carbocycles. The maximum Gasteiger partial charge on any atom is 0.305 e. The molecule has 9 nitrogen and oxygen atoms in total. The fraction of sp³-hybridized carbons (Fsp3) is 0.414. The Labute approximate surface area is 223 Å². The number of rotatable bonds is 9. The maximum absolute atomic E-state index is 13.3. The van der Waals surface area contributed by atoms with E-state index >= 15 is 0 Å². The molecule has 0 unspecified atom stereocenters. The zero-order chi connectivity index (χ0) is 27.3. The number of unbranched alkanes of at least 4 members (excludes halogenated alkanes) is 2. The molecule has 0 saturated heterocycles. The van der Waals surface area contributed by atoms with E-state index in [1.807, 2.05) is 36.4 Å². The maximum atomic E-state index is 13.3. The predicted molar refractivity (Wildman–Crippen MR) is 144 cm³/mol. The SMILES string of the molecule is COC(=O)CCCCC[C@@H]1OC/C=C\c2cc(cc(OC)c2)COc2ccc(CNC(C)=O)cc2NC1=O. The summed E-state index contributed by atoms with van der Waals surface area (Å²) < 4.78 is 22.2. The number of ether oxygens (including phenoxy) is 4. The van der Waals surface area contributed by atoms with E-state index in [1.54, 1.807) is 19.2 Å². The van der Waals surface area contributed by atoms with Crippen molar-refractivity contribution in [1.29, 1.82) is 0 Å². The van der Waals surface area contributed by atoms with Gasteiger partial charge in [0.2, 0.25) is 5.91 Å². The van der Waals surface area contributed by atoms with Gasteiger partial charge in [-0.05, 0) is 59.9 Å². The molecule has 1 heterocycles. The molecule has 2 aromatic carbocycles. The molecule has 204 valence electrons. The molecule has 1 aliphatic rings. The van der Waals surface area contributed by atoms with Crippen LogP contribution in [-0.2, 0) is 37.0 Å². The molecule has 0 aromatic heterocycles. The van der Waals surface area contributed by atoms with Crippen molar-refractivity contribution in [2.45, 2.75) is 58.3 Å². The van der Waals surface area contributed by atoms with Crippen LogP contribution in [0.15, 0.2) is 42.5 Å². The van der Waals surface area contributed by atoms with Gasteiger partial charge in [-0.1, -0.05) is 31.1 Å². The van der Waals surface area contributed by atoms with Crippen LogP contribution in [0.4, 0.5) is 5.69 Å². The Morgan fingerprint density at radius 3 is 2.71 bits per heavy atom. The van der Waals surface area contributed by atoms with Gasteiger partial charge >= 0.3 is 5.97 Å². The van der Waals surface area contributed by atoms with Crippen molar-refractivity contribution in [3.8, 4) is 11.5 Å². The largest absolute Gasteiger partial charge is 0.497 e. The number of hydrogen-bond acceptors (Lipinski definition) is 7. The first-order valence-corrected chi connectivity index (χ1v) is 12.7. The van der Waals surface area contributed by atoms with Crippen LogP contribution in [0.5, 0.6) is 11.5 Å². The average molecular weight is 525 g/mol. The van der Waals surface area contributed by atoms with Gasteiger partial charge in [0.15, 0.2) is 0 Å². The second kappa shape index (κ2) is 14.8. The quantitative estimate of drug-likeness (QED) is 0.370. The summed E-state index contributed by atoms with van der Waals surface area (Å²) in [5.74, 6) is 0.536. The summed E-state index contributed by atoms with van der Waals surface area (Å²) in [6, 6.07) is 11.2. The van der Waals surface area contributed by atoms with Gasteiger partial charge in [-0.2, -0.15) is 0 Å². The lowest BCUT2D eigenvalue weighted by molar-refractivity contribution is -0.140. The summed E-state index contributed by atoms with van der Waals surface area (Å²) >= 11 is 0. The van der Waals surface area contributed by atoms with Gasteiger partial charge in [0, 0.05) is 19.9 Å². The minimum atomic E-state index is -0.701. The van der Waals surface area contributed by atoms with E-state index in [4.69, 9.17) is 14.2 Å². The highest BCUT2D eigenvalue weighted by molar-refractivity contribution is 5.95. The Bertz CT molecular complexity index is 1150. The minimum absolute atomic E-state index is 0.145. The normalized spacial score (nSPS) is 16.2. The zero-order valence-corrected chi connectivity index (χ0v) is 22.2. The molecule has 3 rings (SSSR count). The third-order valence-electron chi connectivity index (χ3n) is 6.03. The predicted octanol–water partition coefficient (Wildman–Crippen LogP) is 4.38. The molecule has 2 aromatic rings. The molecule has 0 fully saturated rings. The van der Waals surface area contributed by atoms with Crippen LogP contribution in [0.3, 0.4) is 0 Å². The smallest absolute Gasteiger partial charge is 0.305 e. The summed E-state index contributed by atoms with van der Waals surface area (Å²) in [5, 5.41) is 5.74. The molecule has 2 amide bonds. The fourth-order valence-electron chi connectivity index (χ4n) is 4.02. The molecule has 2 N–H and O–H groups in total. The number of nitrogens with one attached hydrogen (secondary N) is 2. The molecule has 1 aliphatic heterocycles. The Kier molecular flexibility index (Phi) is 11.2. The van der Waals surface area contributed by atoms with Crippen molar-refractivity contribution in [3.05, 3.63) is 59.2 Å². The molecule has 1 atom stereocenters. The molecule has 2 bridgehead atoms. The molecular formula is C29H36N2O7. The van der Waals surface area contributed by atoms with E-state index in [-0.39, 0.29) is 31.0 Å². The lowest BCUT2D eigenvalue weighted by Gasteiger charge is -2.20. The number of hydrogen-bond donors (Lipinski definition) is 2. The first-order valence-electron chi connectivity index (χ1n) is 12.7. The Morgan fingerprint density at radius 1 is 1.11 bits per heavy atom. The Hall–Kier alpha value is -3.85. The van der Waals surface area contributed by atoms with Gasteiger partial charge in [-0.25, -0.2) is 0 Å². The third-order valence-corrected chi connectivity index (χ3v) is 6.03. The lowest BCUT2D eigenvalue weighted by Crippen LogP contribution is -2.31. The van der Waals surface area contributed by atoms with Crippen LogP contribution in [0.2, 0.25) is 0 Å². The average Bonchev–Trinajstić information content (AvgIpc) is 2.91. The topological polar surface area (TPSA) is 112 Å². The van der Waals surface area contributed by atoms with Gasteiger partial charge in [-0.15, -0.1) is 0 Å². The molecule has 9 heteroatoms. The van der Waals surface area contributed by atoms with Gasteiger partial charge in [-0.3, -0.25) is 14.4 Å². The van der Waals surface area contributed by atoms with Crippen molar-refractivity contribution in [1.82, 2.24) is 5.32 Å². The first kappa shape index (κ1) is 28.7. The van der Waals surface area contributed by atoms with E-state index in [9.17, 15) is 14.4 Å². The van der Waals surface area contributed by atoms with Crippen LogP contribution in [0.25, 0.3) is 6.08 Å².